The van der Waals surface area contributed by atoms with E-state index >= 15 is 0 Å². The second-order valence-corrected chi connectivity index (χ2v) is 5.58. The zero-order chi connectivity index (χ0) is 19.5. The van der Waals surface area contributed by atoms with Gasteiger partial charge in [0, 0.05) is 25.3 Å². The highest BCUT2D eigenvalue weighted by Crippen LogP contribution is 2.29. The Kier molecular flexibility index (Phi) is 10.7. The normalized spacial score (nSPS) is 10.3. The van der Waals surface area contributed by atoms with Crippen molar-refractivity contribution in [1.29, 1.82) is 0 Å². The molecule has 6 nitrogen and oxygen atoms in total. The van der Waals surface area contributed by atoms with Gasteiger partial charge in [0.25, 0.3) is 0 Å². The van der Waals surface area contributed by atoms with Crippen LogP contribution >= 0.6 is 24.0 Å². The number of ether oxygens (including phenoxy) is 3. The zero-order valence-electron chi connectivity index (χ0n) is 16.3. The first-order valence-electron chi connectivity index (χ1n) is 8.55. The van der Waals surface area contributed by atoms with Crippen molar-refractivity contribution in [1.82, 2.24) is 5.32 Å². The standard InChI is InChI=1S/C21H25N3O3.HI/c1-5-14-27-18-9-6-16(7-10-18)12-13-23-21(22-2)24-17-8-11-19(25-3)20(15-17)26-4;/h1,6-11,15H,12-14H2,2-4H3,(H2,22,23,24);1H. The lowest BCUT2D eigenvalue weighted by molar-refractivity contribution is 0.355. The van der Waals surface area contributed by atoms with Crippen LogP contribution < -0.4 is 24.8 Å². The smallest absolute Gasteiger partial charge is 0.195 e. The summed E-state index contributed by atoms with van der Waals surface area (Å²) < 4.78 is 15.9. The van der Waals surface area contributed by atoms with Crippen LogP contribution in [0.4, 0.5) is 5.69 Å². The second-order valence-electron chi connectivity index (χ2n) is 5.58. The van der Waals surface area contributed by atoms with Crippen molar-refractivity contribution < 1.29 is 14.2 Å². The molecule has 0 bridgehead atoms. The molecule has 0 saturated heterocycles. The molecule has 0 aromatic heterocycles. The Morgan fingerprint density at radius 1 is 1.07 bits per heavy atom. The van der Waals surface area contributed by atoms with Gasteiger partial charge in [-0.15, -0.1) is 30.4 Å². The van der Waals surface area contributed by atoms with Crippen LogP contribution in [0.1, 0.15) is 5.56 Å². The molecule has 7 heteroatoms. The molecule has 2 rings (SSSR count). The predicted molar refractivity (Wildman–Crippen MR) is 124 cm³/mol. The van der Waals surface area contributed by atoms with E-state index in [0.717, 1.165) is 24.4 Å². The first-order chi connectivity index (χ1) is 13.2. The number of terminal acetylenes is 1. The Hall–Kier alpha value is -2.60. The monoisotopic (exact) mass is 495 g/mol. The van der Waals surface area contributed by atoms with E-state index in [1.165, 1.54) is 5.56 Å². The molecule has 0 saturated carbocycles. The van der Waals surface area contributed by atoms with E-state index in [0.29, 0.717) is 17.5 Å². The molecular formula is C21H26IN3O3. The zero-order valence-corrected chi connectivity index (χ0v) is 18.7. The molecule has 0 spiro atoms. The van der Waals surface area contributed by atoms with Gasteiger partial charge in [-0.25, -0.2) is 0 Å². The van der Waals surface area contributed by atoms with E-state index in [4.69, 9.17) is 20.6 Å². The van der Waals surface area contributed by atoms with Crippen LogP contribution in [0.2, 0.25) is 0 Å². The number of nitrogens with zero attached hydrogens (tertiary/aromatic N) is 1. The number of rotatable bonds is 8. The van der Waals surface area contributed by atoms with E-state index in [1.54, 1.807) is 21.3 Å². The minimum Gasteiger partial charge on any atom is -0.493 e. The van der Waals surface area contributed by atoms with Crippen LogP contribution in [0, 0.1) is 12.3 Å². The quantitative estimate of drug-likeness (QED) is 0.254. The Balaban J connectivity index is 0.00000392. The van der Waals surface area contributed by atoms with Gasteiger partial charge in [0.2, 0.25) is 0 Å². The number of hydrogen-bond donors (Lipinski definition) is 2. The van der Waals surface area contributed by atoms with Crippen molar-refractivity contribution >= 4 is 35.6 Å². The fourth-order valence-electron chi connectivity index (χ4n) is 2.43. The summed E-state index contributed by atoms with van der Waals surface area (Å²) in [6, 6.07) is 13.5. The maximum Gasteiger partial charge on any atom is 0.195 e. The van der Waals surface area contributed by atoms with Gasteiger partial charge in [0.1, 0.15) is 12.4 Å². The number of anilines is 1. The molecule has 0 aliphatic carbocycles. The molecule has 0 amide bonds. The summed E-state index contributed by atoms with van der Waals surface area (Å²) in [5.41, 5.74) is 2.05. The fourth-order valence-corrected chi connectivity index (χ4v) is 2.43. The largest absolute Gasteiger partial charge is 0.493 e. The van der Waals surface area contributed by atoms with Gasteiger partial charge >= 0.3 is 0 Å². The van der Waals surface area contributed by atoms with E-state index in [9.17, 15) is 0 Å². The van der Waals surface area contributed by atoms with Crippen molar-refractivity contribution in [2.24, 2.45) is 4.99 Å². The molecule has 2 aromatic carbocycles. The van der Waals surface area contributed by atoms with Crippen LogP contribution in [0.15, 0.2) is 47.5 Å². The molecule has 0 aliphatic heterocycles. The minimum absolute atomic E-state index is 0. The van der Waals surface area contributed by atoms with Crippen molar-refractivity contribution in [3.05, 3.63) is 48.0 Å². The lowest BCUT2D eigenvalue weighted by atomic mass is 10.1. The van der Waals surface area contributed by atoms with Crippen LogP contribution in [-0.4, -0.2) is 40.4 Å². The van der Waals surface area contributed by atoms with Crippen LogP contribution in [0.5, 0.6) is 17.2 Å². The number of hydrogen-bond acceptors (Lipinski definition) is 4. The second kappa shape index (κ2) is 12.7. The van der Waals surface area contributed by atoms with E-state index in [2.05, 4.69) is 21.5 Å². The van der Waals surface area contributed by atoms with Gasteiger partial charge in [-0.05, 0) is 36.2 Å². The third-order valence-electron chi connectivity index (χ3n) is 3.82. The van der Waals surface area contributed by atoms with E-state index in [1.807, 2.05) is 42.5 Å². The fraction of sp³-hybridized carbons (Fsp3) is 0.286. The van der Waals surface area contributed by atoms with Crippen molar-refractivity contribution in [3.63, 3.8) is 0 Å². The topological polar surface area (TPSA) is 64.1 Å². The summed E-state index contributed by atoms with van der Waals surface area (Å²) in [5.74, 6) is 5.24. The Labute approximate surface area is 183 Å². The van der Waals surface area contributed by atoms with Gasteiger partial charge in [-0.2, -0.15) is 0 Å². The molecule has 0 aliphatic rings. The SMILES string of the molecule is C#CCOc1ccc(CCNC(=NC)Nc2ccc(OC)c(OC)c2)cc1.I. The molecule has 150 valence electrons. The molecule has 2 aromatic rings. The van der Waals surface area contributed by atoms with Gasteiger partial charge in [0.15, 0.2) is 17.5 Å². The van der Waals surface area contributed by atoms with Crippen LogP contribution in [-0.2, 0) is 6.42 Å². The highest BCUT2D eigenvalue weighted by Gasteiger charge is 2.06. The number of aliphatic imine (C=N–C) groups is 1. The van der Waals surface area contributed by atoms with Crippen molar-refractivity contribution in [2.45, 2.75) is 6.42 Å². The summed E-state index contributed by atoms with van der Waals surface area (Å²) in [5, 5.41) is 6.53. The number of halogens is 1. The molecule has 2 N–H and O–H groups in total. The maximum atomic E-state index is 5.37. The lowest BCUT2D eigenvalue weighted by Crippen LogP contribution is -2.32. The number of nitrogens with one attached hydrogen (secondary N) is 2. The number of guanidine groups is 1. The molecule has 0 heterocycles. The van der Waals surface area contributed by atoms with Crippen molar-refractivity contribution in [3.8, 4) is 29.6 Å². The van der Waals surface area contributed by atoms with E-state index < -0.39 is 0 Å². The first kappa shape index (κ1) is 23.4. The molecule has 0 unspecified atom stereocenters. The summed E-state index contributed by atoms with van der Waals surface area (Å²) in [6.45, 7) is 1.01. The summed E-state index contributed by atoms with van der Waals surface area (Å²) in [6.07, 6.45) is 6.03. The Morgan fingerprint density at radius 3 is 2.39 bits per heavy atom. The average molecular weight is 495 g/mol. The van der Waals surface area contributed by atoms with Crippen LogP contribution in [0.3, 0.4) is 0 Å². The van der Waals surface area contributed by atoms with Crippen molar-refractivity contribution in [2.75, 3.05) is 39.7 Å². The molecule has 28 heavy (non-hydrogen) atoms. The van der Waals surface area contributed by atoms with Gasteiger partial charge < -0.3 is 24.8 Å². The predicted octanol–water partition coefficient (Wildman–Crippen LogP) is 3.56. The van der Waals surface area contributed by atoms with Gasteiger partial charge in [-0.3, -0.25) is 4.99 Å². The van der Waals surface area contributed by atoms with Gasteiger partial charge in [-0.1, -0.05) is 18.1 Å². The third kappa shape index (κ3) is 7.19. The van der Waals surface area contributed by atoms with Crippen LogP contribution in [0.25, 0.3) is 0 Å². The molecule has 0 radical (unpaired) electrons. The molecule has 0 fully saturated rings. The van der Waals surface area contributed by atoms with E-state index in [-0.39, 0.29) is 30.6 Å². The highest BCUT2D eigenvalue weighted by molar-refractivity contribution is 14.0. The number of methoxy groups -OCH3 is 2. The first-order valence-corrected chi connectivity index (χ1v) is 8.55. The molecular weight excluding hydrogens is 469 g/mol. The summed E-state index contributed by atoms with van der Waals surface area (Å²) in [7, 11) is 4.95. The Morgan fingerprint density at radius 2 is 1.79 bits per heavy atom. The maximum absolute atomic E-state index is 5.37. The summed E-state index contributed by atoms with van der Waals surface area (Å²) in [4.78, 5) is 4.24. The average Bonchev–Trinajstić information content (AvgIpc) is 2.72. The third-order valence-corrected chi connectivity index (χ3v) is 3.82. The summed E-state index contributed by atoms with van der Waals surface area (Å²) >= 11 is 0. The highest BCUT2D eigenvalue weighted by atomic mass is 127. The Bertz CT molecular complexity index is 802. The van der Waals surface area contributed by atoms with Gasteiger partial charge in [0.05, 0.1) is 14.2 Å². The molecule has 0 atom stereocenters. The lowest BCUT2D eigenvalue weighted by Gasteiger charge is -2.14. The minimum atomic E-state index is 0. The number of benzene rings is 2.